The summed E-state index contributed by atoms with van der Waals surface area (Å²) in [6.45, 7) is 2.00. The molecule has 1 aliphatic rings. The third-order valence-corrected chi connectivity index (χ3v) is 3.13. The fourth-order valence-corrected chi connectivity index (χ4v) is 2.10. The van der Waals surface area contributed by atoms with E-state index in [0.29, 0.717) is 11.9 Å². The summed E-state index contributed by atoms with van der Waals surface area (Å²) in [5.74, 6) is 0.561. The average molecular weight is 233 g/mol. The van der Waals surface area contributed by atoms with Crippen LogP contribution in [-0.2, 0) is 0 Å². The van der Waals surface area contributed by atoms with E-state index < -0.39 is 5.69 Å². The first-order chi connectivity index (χ1) is 8.10. The summed E-state index contributed by atoms with van der Waals surface area (Å²) in [5.41, 5.74) is -0.226. The zero-order valence-corrected chi connectivity index (χ0v) is 9.97. The molecule has 6 heteroatoms. The Morgan fingerprint density at radius 1 is 1.71 bits per heavy atom. The summed E-state index contributed by atoms with van der Waals surface area (Å²) in [6, 6.07) is 3.89. The quantitative estimate of drug-likeness (QED) is 0.764. The number of rotatable bonds is 2. The molecule has 1 aromatic heterocycles. The molecule has 1 fully saturated rings. The molecular weight excluding hydrogens is 218 g/mol. The second-order valence-electron chi connectivity index (χ2n) is 4.39. The van der Waals surface area contributed by atoms with E-state index in [1.54, 1.807) is 6.07 Å². The zero-order valence-electron chi connectivity index (χ0n) is 9.97. The Kier molecular flexibility index (Phi) is 3.11. The van der Waals surface area contributed by atoms with Crippen LogP contribution in [0.1, 0.15) is 12.1 Å². The largest absolute Gasteiger partial charge is 0.355 e. The molecule has 0 bridgehead atoms. The number of aromatic nitrogens is 2. The Morgan fingerprint density at radius 3 is 3.06 bits per heavy atom. The van der Waals surface area contributed by atoms with E-state index in [1.807, 2.05) is 18.0 Å². The van der Waals surface area contributed by atoms with Crippen molar-refractivity contribution in [3.8, 4) is 6.07 Å². The molecule has 90 valence electrons. The Hall–Kier alpha value is -1.87. The van der Waals surface area contributed by atoms with E-state index in [4.69, 9.17) is 5.26 Å². The molecule has 0 aromatic carbocycles. The second-order valence-corrected chi connectivity index (χ2v) is 4.39. The highest BCUT2D eigenvalue weighted by atomic mass is 16.1. The minimum absolute atomic E-state index is 0.248. The smallest absolute Gasteiger partial charge is 0.347 e. The first-order valence-electron chi connectivity index (χ1n) is 5.53. The van der Waals surface area contributed by atoms with E-state index in [2.05, 4.69) is 21.9 Å². The number of H-pyrrole nitrogens is 1. The molecule has 2 heterocycles. The molecule has 0 aliphatic carbocycles. The number of nitriles is 1. The third-order valence-electron chi connectivity index (χ3n) is 3.13. The summed E-state index contributed by atoms with van der Waals surface area (Å²) in [6.07, 6.45) is 1.05. The predicted octanol–water partition coefficient (Wildman–Crippen LogP) is -0.218. The highest BCUT2D eigenvalue weighted by molar-refractivity contribution is 5.42. The van der Waals surface area contributed by atoms with Gasteiger partial charge in [-0.25, -0.2) is 4.79 Å². The van der Waals surface area contributed by atoms with Crippen LogP contribution in [0.3, 0.4) is 0 Å². The predicted molar refractivity (Wildman–Crippen MR) is 63.9 cm³/mol. The number of likely N-dealkylation sites (tertiary alicyclic amines) is 1. The van der Waals surface area contributed by atoms with Crippen molar-refractivity contribution in [3.05, 3.63) is 22.2 Å². The molecule has 1 aromatic rings. The van der Waals surface area contributed by atoms with Gasteiger partial charge in [0.1, 0.15) is 17.6 Å². The van der Waals surface area contributed by atoms with Crippen LogP contribution in [0, 0.1) is 11.3 Å². The van der Waals surface area contributed by atoms with Gasteiger partial charge >= 0.3 is 5.69 Å². The molecule has 0 spiro atoms. The Balaban J connectivity index is 2.25. The molecule has 0 saturated carbocycles. The molecule has 1 N–H and O–H groups in total. The maximum Gasteiger partial charge on any atom is 0.347 e. The van der Waals surface area contributed by atoms with Gasteiger partial charge in [-0.3, -0.25) is 4.98 Å². The lowest BCUT2D eigenvalue weighted by atomic mass is 10.2. The first-order valence-corrected chi connectivity index (χ1v) is 5.53. The monoisotopic (exact) mass is 233 g/mol. The molecule has 0 radical (unpaired) electrons. The average Bonchev–Trinajstić information content (AvgIpc) is 2.74. The van der Waals surface area contributed by atoms with E-state index in [9.17, 15) is 4.79 Å². The lowest BCUT2D eigenvalue weighted by molar-refractivity contribution is 0.409. The highest BCUT2D eigenvalue weighted by Gasteiger charge is 2.24. The van der Waals surface area contributed by atoms with Crippen LogP contribution < -0.4 is 10.6 Å². The highest BCUT2D eigenvalue weighted by Crippen LogP contribution is 2.18. The molecule has 1 aliphatic heterocycles. The normalized spacial score (nSPS) is 20.2. The van der Waals surface area contributed by atoms with Gasteiger partial charge in [0.15, 0.2) is 0 Å². The van der Waals surface area contributed by atoms with Gasteiger partial charge in [0.2, 0.25) is 0 Å². The summed E-state index contributed by atoms with van der Waals surface area (Å²) in [4.78, 5) is 21.8. The fraction of sp³-hybridized carbons (Fsp3) is 0.545. The third kappa shape index (κ3) is 2.45. The molecule has 17 heavy (non-hydrogen) atoms. The fourth-order valence-electron chi connectivity index (χ4n) is 2.10. The van der Waals surface area contributed by atoms with Crippen LogP contribution in [0.5, 0.6) is 0 Å². The summed E-state index contributed by atoms with van der Waals surface area (Å²) in [5, 5.41) is 8.80. The van der Waals surface area contributed by atoms with Crippen molar-refractivity contribution in [3.63, 3.8) is 0 Å². The molecule has 2 rings (SSSR count). The Labute approximate surface area is 99.5 Å². The van der Waals surface area contributed by atoms with E-state index in [0.717, 1.165) is 19.5 Å². The van der Waals surface area contributed by atoms with Crippen molar-refractivity contribution >= 4 is 5.82 Å². The van der Waals surface area contributed by atoms with Crippen molar-refractivity contribution in [1.82, 2.24) is 14.9 Å². The number of nitrogens with one attached hydrogen (secondary N) is 1. The lowest BCUT2D eigenvalue weighted by Gasteiger charge is -2.25. The Morgan fingerprint density at radius 2 is 2.47 bits per heavy atom. The van der Waals surface area contributed by atoms with Crippen LogP contribution in [0.25, 0.3) is 0 Å². The molecule has 1 saturated heterocycles. The van der Waals surface area contributed by atoms with Gasteiger partial charge in [-0.1, -0.05) is 0 Å². The summed E-state index contributed by atoms with van der Waals surface area (Å²) in [7, 11) is 3.98. The molecule has 1 atom stereocenters. The number of hydrogen-bond donors (Lipinski definition) is 1. The van der Waals surface area contributed by atoms with Gasteiger partial charge in [-0.15, -0.1) is 0 Å². The second kappa shape index (κ2) is 4.55. The number of hydrogen-bond acceptors (Lipinski definition) is 5. The van der Waals surface area contributed by atoms with E-state index >= 15 is 0 Å². The van der Waals surface area contributed by atoms with E-state index in [1.165, 1.54) is 0 Å². The van der Waals surface area contributed by atoms with Crippen molar-refractivity contribution in [2.75, 3.05) is 32.1 Å². The van der Waals surface area contributed by atoms with Crippen LogP contribution in [0.15, 0.2) is 10.9 Å². The summed E-state index contributed by atoms with van der Waals surface area (Å²) >= 11 is 0. The number of likely N-dealkylation sites (N-methyl/N-ethyl adjacent to an activating group) is 2. The van der Waals surface area contributed by atoms with Gasteiger partial charge in [-0.05, 0) is 20.0 Å². The summed E-state index contributed by atoms with van der Waals surface area (Å²) < 4.78 is 0. The van der Waals surface area contributed by atoms with Gasteiger partial charge in [0, 0.05) is 25.7 Å². The van der Waals surface area contributed by atoms with Crippen LogP contribution in [-0.4, -0.2) is 48.1 Å². The molecular formula is C11H15N5O. The number of nitrogens with zero attached hydrogens (tertiary/aromatic N) is 4. The van der Waals surface area contributed by atoms with Crippen molar-refractivity contribution in [1.29, 1.82) is 5.26 Å². The molecule has 0 amide bonds. The van der Waals surface area contributed by atoms with Crippen LogP contribution >= 0.6 is 0 Å². The van der Waals surface area contributed by atoms with Gasteiger partial charge in [0.05, 0.1) is 0 Å². The SMILES string of the molecule is CN1CCC(N(C)c2cc(C#N)[nH]c(=O)n2)C1. The Bertz CT molecular complexity index is 503. The molecule has 6 nitrogen and oxygen atoms in total. The minimum atomic E-state index is -0.475. The van der Waals surface area contributed by atoms with Gasteiger partial charge in [0.25, 0.3) is 0 Å². The van der Waals surface area contributed by atoms with Crippen molar-refractivity contribution < 1.29 is 0 Å². The van der Waals surface area contributed by atoms with Crippen molar-refractivity contribution in [2.24, 2.45) is 0 Å². The standard InChI is InChI=1S/C11H15N5O/c1-15-4-3-9(7-15)16(2)10-5-8(6-12)13-11(17)14-10/h5,9H,3-4,7H2,1-2H3,(H,13,14,17). The number of anilines is 1. The van der Waals surface area contributed by atoms with Crippen LogP contribution in [0.4, 0.5) is 5.82 Å². The zero-order chi connectivity index (χ0) is 12.4. The van der Waals surface area contributed by atoms with E-state index in [-0.39, 0.29) is 5.69 Å². The minimum Gasteiger partial charge on any atom is -0.355 e. The van der Waals surface area contributed by atoms with Crippen LogP contribution in [0.2, 0.25) is 0 Å². The topological polar surface area (TPSA) is 76.0 Å². The van der Waals surface area contributed by atoms with Crippen molar-refractivity contribution in [2.45, 2.75) is 12.5 Å². The first kappa shape index (κ1) is 11.6. The van der Waals surface area contributed by atoms with Gasteiger partial charge < -0.3 is 9.80 Å². The lowest BCUT2D eigenvalue weighted by Crippen LogP contribution is -2.35. The maximum atomic E-state index is 11.3. The number of aromatic amines is 1. The maximum absolute atomic E-state index is 11.3. The molecule has 1 unspecified atom stereocenters. The van der Waals surface area contributed by atoms with Gasteiger partial charge in [-0.2, -0.15) is 10.2 Å².